The summed E-state index contributed by atoms with van der Waals surface area (Å²) in [5.74, 6) is 2.13. The van der Waals surface area contributed by atoms with E-state index in [1.165, 1.54) is 18.4 Å². The van der Waals surface area contributed by atoms with E-state index in [-0.39, 0.29) is 4.28 Å². The van der Waals surface area contributed by atoms with E-state index < -0.39 is 0 Å². The number of nitrogens with two attached hydrogens (primary N) is 1. The molecule has 0 saturated heterocycles. The lowest BCUT2D eigenvalue weighted by atomic mass is 10.0. The maximum Gasteiger partial charge on any atom is 0.219 e. The van der Waals surface area contributed by atoms with Crippen LogP contribution in [-0.2, 0) is 0 Å². The van der Waals surface area contributed by atoms with Gasteiger partial charge in [-0.2, -0.15) is 0 Å². The Balaban J connectivity index is 0.00000131. The van der Waals surface area contributed by atoms with E-state index in [1.807, 2.05) is 42.5 Å². The van der Waals surface area contributed by atoms with Crippen LogP contribution in [0.15, 0.2) is 72.3 Å². The summed E-state index contributed by atoms with van der Waals surface area (Å²) in [5, 5.41) is 0. The number of benzene rings is 1. The van der Waals surface area contributed by atoms with Crippen molar-refractivity contribution in [2.24, 2.45) is 5.92 Å². The number of ether oxygens (including phenoxy) is 1. The first-order valence-electron chi connectivity index (χ1n) is 8.75. The highest BCUT2D eigenvalue weighted by Gasteiger charge is 2.27. The predicted octanol–water partition coefficient (Wildman–Crippen LogP) is 6.26. The Morgan fingerprint density at radius 3 is 2.76 bits per heavy atom. The molecule has 4 rings (SSSR count). The van der Waals surface area contributed by atoms with E-state index in [2.05, 4.69) is 23.7 Å². The Morgan fingerprint density at radius 2 is 2.00 bits per heavy atom. The number of hydrogen-bond donors (Lipinski definition) is 1. The first kappa shape index (κ1) is 15.7. The molecule has 2 N–H and O–H groups in total. The van der Waals surface area contributed by atoms with Crippen LogP contribution in [0, 0.1) is 5.92 Å². The number of anilines is 1. The Labute approximate surface area is 153 Å². The molecule has 25 heavy (non-hydrogen) atoms. The summed E-state index contributed by atoms with van der Waals surface area (Å²) in [5.41, 5.74) is 11.3. The lowest BCUT2D eigenvalue weighted by molar-refractivity contribution is 0.462. The zero-order valence-corrected chi connectivity index (χ0v) is 14.2. The molecule has 2 aliphatic carbocycles. The highest BCUT2D eigenvalue weighted by molar-refractivity contribution is 5.64. The van der Waals surface area contributed by atoms with E-state index in [4.69, 9.17) is 10.5 Å². The largest absolute Gasteiger partial charge is 0.439 e. The number of rotatable bonds is 6. The molecule has 1 fully saturated rings. The summed E-state index contributed by atoms with van der Waals surface area (Å²) in [7, 11) is 0. The maximum absolute atomic E-state index is 5.82. The van der Waals surface area contributed by atoms with Crippen molar-refractivity contribution in [1.82, 2.24) is 4.98 Å². The average Bonchev–Trinajstić information content (AvgIpc) is 3.37. The number of nitrogens with zero attached hydrogens (tertiary/aromatic N) is 1. The summed E-state index contributed by atoms with van der Waals surface area (Å²) in [6, 6.07) is 13.1. The van der Waals surface area contributed by atoms with Gasteiger partial charge in [-0.15, -0.1) is 0 Å². The Bertz CT molecular complexity index is 872. The van der Waals surface area contributed by atoms with Crippen LogP contribution in [0.5, 0.6) is 11.6 Å². The summed E-state index contributed by atoms with van der Waals surface area (Å²) in [6.45, 7) is 4.23. The Kier molecular flexibility index (Phi) is 4.14. The van der Waals surface area contributed by atoms with Gasteiger partial charge >= 0.3 is 0 Å². The van der Waals surface area contributed by atoms with Crippen LogP contribution in [0.25, 0.3) is 5.57 Å². The molecular weight excluding hydrogens is 308 g/mol. The summed E-state index contributed by atoms with van der Waals surface area (Å²) in [4.78, 5) is 4.60. The molecule has 0 radical (unpaired) electrons. The third-order valence-corrected chi connectivity index (χ3v) is 4.68. The standard InChI is InChI=1S/C22H22N2O.3H2/c1-15(13-16-5-6-18(14-16)17-7-8-17)21-3-2-4-22(24-21)25-20-11-9-19(23)10-12-20;;;/h2-5,9-12,14,17H,1,6-8,13,23H2;3*1H. The predicted molar refractivity (Wildman–Crippen MR) is 109 cm³/mol. The molecule has 0 spiro atoms. The molecule has 1 heterocycles. The molecule has 2 aliphatic rings. The number of aromatic nitrogens is 1. The Hall–Kier alpha value is -2.81. The number of nitrogen functional groups attached to an aromatic ring is 1. The third kappa shape index (κ3) is 3.82. The van der Waals surface area contributed by atoms with Gasteiger partial charge in [0.1, 0.15) is 5.75 Å². The highest BCUT2D eigenvalue weighted by atomic mass is 16.5. The van der Waals surface area contributed by atoms with E-state index in [0.29, 0.717) is 11.6 Å². The van der Waals surface area contributed by atoms with E-state index in [9.17, 15) is 0 Å². The molecule has 3 heteroatoms. The fourth-order valence-electron chi connectivity index (χ4n) is 3.13. The molecule has 0 aliphatic heterocycles. The first-order chi connectivity index (χ1) is 12.2. The van der Waals surface area contributed by atoms with Gasteiger partial charge in [-0.1, -0.05) is 30.4 Å². The van der Waals surface area contributed by atoms with Crippen molar-refractivity contribution < 1.29 is 9.02 Å². The summed E-state index contributed by atoms with van der Waals surface area (Å²) < 4.78 is 5.82. The lowest BCUT2D eigenvalue weighted by Crippen LogP contribution is -1.94. The van der Waals surface area contributed by atoms with Gasteiger partial charge in [-0.25, -0.2) is 4.98 Å². The zero-order valence-electron chi connectivity index (χ0n) is 14.2. The van der Waals surface area contributed by atoms with Gasteiger partial charge in [0.15, 0.2) is 0 Å². The van der Waals surface area contributed by atoms with Crippen molar-refractivity contribution in [2.45, 2.75) is 25.7 Å². The van der Waals surface area contributed by atoms with Crippen LogP contribution in [0.3, 0.4) is 0 Å². The van der Waals surface area contributed by atoms with Crippen molar-refractivity contribution in [2.75, 3.05) is 5.73 Å². The lowest BCUT2D eigenvalue weighted by Gasteiger charge is -2.09. The number of pyridine rings is 1. The molecular formula is C22H28N2O. The second-order valence-corrected chi connectivity index (χ2v) is 6.79. The van der Waals surface area contributed by atoms with Gasteiger partial charge in [0.05, 0.1) is 5.69 Å². The van der Waals surface area contributed by atoms with Crippen LogP contribution in [0.1, 0.15) is 35.7 Å². The summed E-state index contributed by atoms with van der Waals surface area (Å²) >= 11 is 0. The smallest absolute Gasteiger partial charge is 0.219 e. The van der Waals surface area contributed by atoms with Crippen LogP contribution in [-0.4, -0.2) is 4.98 Å². The minimum atomic E-state index is 0. The van der Waals surface area contributed by atoms with Gasteiger partial charge in [-0.3, -0.25) is 0 Å². The fraction of sp³-hybridized carbons (Fsp3) is 0.227. The minimum absolute atomic E-state index is 0. The molecule has 0 bridgehead atoms. The monoisotopic (exact) mass is 336 g/mol. The molecule has 0 unspecified atom stereocenters. The summed E-state index contributed by atoms with van der Waals surface area (Å²) in [6.07, 6.45) is 9.36. The normalized spacial score (nSPS) is 16.3. The minimum Gasteiger partial charge on any atom is -0.439 e. The maximum atomic E-state index is 5.82. The van der Waals surface area contributed by atoms with Crippen molar-refractivity contribution >= 4 is 11.3 Å². The van der Waals surface area contributed by atoms with E-state index in [1.54, 1.807) is 5.57 Å². The first-order valence-corrected chi connectivity index (χ1v) is 8.75. The van der Waals surface area contributed by atoms with Crippen molar-refractivity contribution in [3.8, 4) is 11.6 Å². The fourth-order valence-corrected chi connectivity index (χ4v) is 3.13. The Morgan fingerprint density at radius 1 is 1.20 bits per heavy atom. The van der Waals surface area contributed by atoms with Gasteiger partial charge in [-0.05, 0) is 73.1 Å². The number of allylic oxidation sites excluding steroid dienone is 5. The van der Waals surface area contributed by atoms with Crippen molar-refractivity contribution in [3.05, 3.63) is 78.0 Å². The van der Waals surface area contributed by atoms with E-state index >= 15 is 0 Å². The molecule has 132 valence electrons. The molecule has 2 aromatic rings. The molecule has 1 aromatic carbocycles. The topological polar surface area (TPSA) is 48.1 Å². The third-order valence-electron chi connectivity index (χ3n) is 4.68. The van der Waals surface area contributed by atoms with Crippen LogP contribution < -0.4 is 10.5 Å². The van der Waals surface area contributed by atoms with Gasteiger partial charge in [0.2, 0.25) is 5.88 Å². The number of hydrogen-bond acceptors (Lipinski definition) is 3. The molecule has 0 atom stereocenters. The van der Waals surface area contributed by atoms with Crippen LogP contribution in [0.4, 0.5) is 5.69 Å². The van der Waals surface area contributed by atoms with Crippen LogP contribution in [0.2, 0.25) is 0 Å². The molecule has 3 nitrogen and oxygen atoms in total. The average molecular weight is 336 g/mol. The molecule has 1 aromatic heterocycles. The van der Waals surface area contributed by atoms with Crippen molar-refractivity contribution in [3.63, 3.8) is 0 Å². The zero-order chi connectivity index (χ0) is 17.2. The second-order valence-electron chi connectivity index (χ2n) is 6.79. The SMILES string of the molecule is C=C(CC1=CCC(C2CC2)=C1)c1cccc(Oc2ccc(N)cc2)n1.[HH].[HH].[HH]. The van der Waals surface area contributed by atoms with Crippen molar-refractivity contribution in [1.29, 1.82) is 0 Å². The molecule has 0 amide bonds. The second kappa shape index (κ2) is 6.60. The van der Waals surface area contributed by atoms with Gasteiger partial charge < -0.3 is 10.5 Å². The molecule has 1 saturated carbocycles. The van der Waals surface area contributed by atoms with E-state index in [0.717, 1.165) is 35.8 Å². The van der Waals surface area contributed by atoms with Gasteiger partial charge in [0, 0.05) is 16.0 Å². The highest BCUT2D eigenvalue weighted by Crippen LogP contribution is 2.42. The quantitative estimate of drug-likeness (QED) is 0.633. The van der Waals surface area contributed by atoms with Gasteiger partial charge in [0.25, 0.3) is 0 Å². The van der Waals surface area contributed by atoms with Crippen LogP contribution >= 0.6 is 0 Å².